The highest BCUT2D eigenvalue weighted by Gasteiger charge is 2.20. The van der Waals surface area contributed by atoms with Crippen molar-refractivity contribution in [2.75, 3.05) is 0 Å². The lowest BCUT2D eigenvalue weighted by Gasteiger charge is -2.13. The molecule has 1 aliphatic heterocycles. The molecule has 1 aliphatic rings. The van der Waals surface area contributed by atoms with Crippen molar-refractivity contribution >= 4 is 0 Å². The van der Waals surface area contributed by atoms with Crippen LogP contribution in [0.5, 0.6) is 0 Å². The van der Waals surface area contributed by atoms with Gasteiger partial charge in [-0.1, -0.05) is 0 Å². The van der Waals surface area contributed by atoms with E-state index in [9.17, 15) is 0 Å². The molecule has 1 atom stereocenters. The van der Waals surface area contributed by atoms with Crippen molar-refractivity contribution in [3.05, 3.63) is 41.7 Å². The van der Waals surface area contributed by atoms with E-state index in [1.165, 1.54) is 12.0 Å². The number of pyridine rings is 1. The number of nitrogens with one attached hydrogen (secondary N) is 1. The molecule has 2 aromatic rings. The highest BCUT2D eigenvalue weighted by atomic mass is 15.3. The van der Waals surface area contributed by atoms with E-state index in [4.69, 9.17) is 0 Å². The summed E-state index contributed by atoms with van der Waals surface area (Å²) in [5, 5.41) is 12.0. The van der Waals surface area contributed by atoms with Gasteiger partial charge in [0.05, 0.1) is 6.04 Å². The van der Waals surface area contributed by atoms with Crippen LogP contribution in [0, 0.1) is 0 Å². The zero-order valence-corrected chi connectivity index (χ0v) is 10.5. The second-order valence-electron chi connectivity index (χ2n) is 4.69. The van der Waals surface area contributed by atoms with E-state index < -0.39 is 0 Å². The fraction of sp³-hybridized carbons (Fsp3) is 0.462. The predicted octanol–water partition coefficient (Wildman–Crippen LogP) is 1.47. The quantitative estimate of drug-likeness (QED) is 0.883. The summed E-state index contributed by atoms with van der Waals surface area (Å²) in [6, 6.07) is 4.26. The Bertz CT molecular complexity index is 519. The highest BCUT2D eigenvalue weighted by molar-refractivity contribution is 5.10. The van der Waals surface area contributed by atoms with Gasteiger partial charge in [-0.15, -0.1) is 10.2 Å². The van der Waals surface area contributed by atoms with Crippen molar-refractivity contribution in [1.82, 2.24) is 25.1 Å². The number of aromatic nitrogens is 4. The molecule has 3 heterocycles. The van der Waals surface area contributed by atoms with Gasteiger partial charge in [-0.05, 0) is 31.0 Å². The van der Waals surface area contributed by atoms with Gasteiger partial charge < -0.3 is 9.88 Å². The summed E-state index contributed by atoms with van der Waals surface area (Å²) in [6.45, 7) is 4.02. The molecule has 0 saturated heterocycles. The van der Waals surface area contributed by atoms with Gasteiger partial charge in [0.2, 0.25) is 0 Å². The number of hydrogen-bond acceptors (Lipinski definition) is 4. The van der Waals surface area contributed by atoms with Crippen LogP contribution >= 0.6 is 0 Å². The van der Waals surface area contributed by atoms with Crippen molar-refractivity contribution in [2.24, 2.45) is 0 Å². The molecule has 0 aromatic carbocycles. The molecule has 3 rings (SSSR count). The van der Waals surface area contributed by atoms with Crippen LogP contribution in [0.1, 0.15) is 36.6 Å². The minimum absolute atomic E-state index is 0.220. The van der Waals surface area contributed by atoms with Crippen LogP contribution in [0.2, 0.25) is 0 Å². The van der Waals surface area contributed by atoms with Gasteiger partial charge in [0, 0.05) is 31.9 Å². The van der Waals surface area contributed by atoms with Gasteiger partial charge >= 0.3 is 0 Å². The van der Waals surface area contributed by atoms with Crippen molar-refractivity contribution in [3.63, 3.8) is 0 Å². The Morgan fingerprint density at radius 1 is 1.33 bits per heavy atom. The van der Waals surface area contributed by atoms with Crippen molar-refractivity contribution in [2.45, 2.75) is 38.9 Å². The van der Waals surface area contributed by atoms with E-state index in [2.05, 4.69) is 32.0 Å². The second kappa shape index (κ2) is 4.86. The second-order valence-corrected chi connectivity index (χ2v) is 4.69. The number of rotatable bonds is 4. The van der Waals surface area contributed by atoms with Gasteiger partial charge in [0.15, 0.2) is 0 Å². The Balaban J connectivity index is 1.66. The topological polar surface area (TPSA) is 55.6 Å². The Hall–Kier alpha value is -1.75. The number of hydrogen-bond donors (Lipinski definition) is 1. The Morgan fingerprint density at radius 2 is 2.17 bits per heavy atom. The summed E-state index contributed by atoms with van der Waals surface area (Å²) in [4.78, 5) is 4.02. The fourth-order valence-electron chi connectivity index (χ4n) is 2.36. The van der Waals surface area contributed by atoms with Crippen LogP contribution in [-0.4, -0.2) is 19.7 Å². The molecule has 18 heavy (non-hydrogen) atoms. The first-order valence-corrected chi connectivity index (χ1v) is 6.39. The third kappa shape index (κ3) is 2.13. The minimum atomic E-state index is 0.220. The maximum Gasteiger partial charge on any atom is 0.149 e. The molecule has 94 valence electrons. The van der Waals surface area contributed by atoms with E-state index in [-0.39, 0.29) is 6.04 Å². The maximum atomic E-state index is 4.29. The average Bonchev–Trinajstić information content (AvgIpc) is 2.99. The Labute approximate surface area is 106 Å². The third-order valence-corrected chi connectivity index (χ3v) is 3.39. The van der Waals surface area contributed by atoms with Crippen LogP contribution in [0.15, 0.2) is 24.5 Å². The van der Waals surface area contributed by atoms with Gasteiger partial charge in [-0.2, -0.15) is 0 Å². The van der Waals surface area contributed by atoms with E-state index >= 15 is 0 Å². The first kappa shape index (κ1) is 11.3. The van der Waals surface area contributed by atoms with Crippen LogP contribution in [0.3, 0.4) is 0 Å². The molecule has 5 heteroatoms. The van der Waals surface area contributed by atoms with Crippen molar-refractivity contribution < 1.29 is 0 Å². The number of nitrogens with zero attached hydrogens (tertiary/aromatic N) is 4. The lowest BCUT2D eigenvalue weighted by Crippen LogP contribution is -2.21. The van der Waals surface area contributed by atoms with E-state index in [1.54, 1.807) is 0 Å². The van der Waals surface area contributed by atoms with Crippen molar-refractivity contribution in [3.8, 4) is 0 Å². The minimum Gasteiger partial charge on any atom is -0.314 e. The fourth-order valence-corrected chi connectivity index (χ4v) is 2.36. The average molecular weight is 243 g/mol. The molecule has 0 fully saturated rings. The molecule has 0 aliphatic carbocycles. The number of fused-ring (bicyclic) bond motifs is 1. The zero-order valence-electron chi connectivity index (χ0n) is 10.5. The summed E-state index contributed by atoms with van der Waals surface area (Å²) in [5.74, 6) is 2.18. The third-order valence-electron chi connectivity index (χ3n) is 3.39. The van der Waals surface area contributed by atoms with E-state index in [0.717, 1.165) is 31.2 Å². The molecule has 0 radical (unpaired) electrons. The smallest absolute Gasteiger partial charge is 0.149 e. The monoisotopic (exact) mass is 243 g/mol. The molecule has 0 spiro atoms. The van der Waals surface area contributed by atoms with E-state index in [1.807, 2.05) is 24.5 Å². The van der Waals surface area contributed by atoms with E-state index in [0.29, 0.717) is 0 Å². The molecule has 1 N–H and O–H groups in total. The van der Waals surface area contributed by atoms with Gasteiger partial charge in [-0.3, -0.25) is 4.98 Å². The first-order valence-electron chi connectivity index (χ1n) is 6.39. The molecule has 0 amide bonds. The summed E-state index contributed by atoms with van der Waals surface area (Å²) >= 11 is 0. The summed E-state index contributed by atoms with van der Waals surface area (Å²) < 4.78 is 2.24. The SMILES string of the molecule is CC(NCc1ccncc1)c1nnc2n1CCC2. The normalized spacial score (nSPS) is 15.6. The first-order chi connectivity index (χ1) is 8.84. The standard InChI is InChI=1S/C13H17N5/c1-10(15-9-11-4-6-14-7-5-11)13-17-16-12-3-2-8-18(12)13/h4-7,10,15H,2-3,8-9H2,1H3. The van der Waals surface area contributed by atoms with Crippen LogP contribution in [-0.2, 0) is 19.5 Å². The van der Waals surface area contributed by atoms with Crippen molar-refractivity contribution in [1.29, 1.82) is 0 Å². The largest absolute Gasteiger partial charge is 0.314 e. The molecule has 1 unspecified atom stereocenters. The lowest BCUT2D eigenvalue weighted by molar-refractivity contribution is 0.515. The molecule has 0 bridgehead atoms. The summed E-state index contributed by atoms with van der Waals surface area (Å²) in [7, 11) is 0. The van der Waals surface area contributed by atoms with Gasteiger partial charge in [0.25, 0.3) is 0 Å². The molecule has 2 aromatic heterocycles. The predicted molar refractivity (Wildman–Crippen MR) is 67.8 cm³/mol. The van der Waals surface area contributed by atoms with Gasteiger partial charge in [-0.25, -0.2) is 0 Å². The number of aryl methyl sites for hydroxylation is 1. The Kier molecular flexibility index (Phi) is 3.06. The molecular formula is C13H17N5. The summed E-state index contributed by atoms with van der Waals surface area (Å²) in [5.41, 5.74) is 1.23. The highest BCUT2D eigenvalue weighted by Crippen LogP contribution is 2.19. The lowest BCUT2D eigenvalue weighted by atomic mass is 10.2. The molecular weight excluding hydrogens is 226 g/mol. The van der Waals surface area contributed by atoms with Gasteiger partial charge in [0.1, 0.15) is 11.6 Å². The van der Waals surface area contributed by atoms with Crippen LogP contribution in [0.25, 0.3) is 0 Å². The maximum absolute atomic E-state index is 4.29. The molecule has 5 nitrogen and oxygen atoms in total. The summed E-state index contributed by atoms with van der Waals surface area (Å²) in [6.07, 6.45) is 5.88. The Morgan fingerprint density at radius 3 is 3.00 bits per heavy atom. The van der Waals surface area contributed by atoms with Crippen LogP contribution < -0.4 is 5.32 Å². The zero-order chi connectivity index (χ0) is 12.4. The van der Waals surface area contributed by atoms with Crippen LogP contribution in [0.4, 0.5) is 0 Å². The molecule has 0 saturated carbocycles.